The summed E-state index contributed by atoms with van der Waals surface area (Å²) >= 11 is 7.18. The minimum absolute atomic E-state index is 0.0169. The summed E-state index contributed by atoms with van der Waals surface area (Å²) in [5.41, 5.74) is 4.94. The maximum atomic E-state index is 11.7. The highest BCUT2D eigenvalue weighted by molar-refractivity contribution is 7.14. The number of hydrogen-bond donors (Lipinski definition) is 2. The Hall–Kier alpha value is -2.37. The lowest BCUT2D eigenvalue weighted by molar-refractivity contribution is -0.116. The molecule has 1 heterocycles. The van der Waals surface area contributed by atoms with Gasteiger partial charge in [-0.25, -0.2) is 4.98 Å². The number of nitrogens with one attached hydrogen (secondary N) is 2. The molecule has 4 nitrogen and oxygen atoms in total. The number of hydrogen-bond acceptors (Lipinski definition) is 4. The largest absolute Gasteiger partial charge is 0.331 e. The second-order valence-corrected chi connectivity index (χ2v) is 7.13. The van der Waals surface area contributed by atoms with Crippen LogP contribution in [0.25, 0.3) is 11.3 Å². The average molecular weight is 386 g/mol. The molecular formula is C20H20ClN3OS. The molecule has 0 saturated heterocycles. The van der Waals surface area contributed by atoms with Crippen molar-refractivity contribution in [3.05, 3.63) is 59.5 Å². The molecule has 134 valence electrons. The van der Waals surface area contributed by atoms with Gasteiger partial charge in [-0.15, -0.1) is 22.9 Å². The third-order valence-electron chi connectivity index (χ3n) is 3.89. The summed E-state index contributed by atoms with van der Waals surface area (Å²) in [6.45, 7) is 2.07. The van der Waals surface area contributed by atoms with Crippen LogP contribution in [0, 0.1) is 6.92 Å². The standard InChI is InChI=1S/C20H20ClN3OS/c1-14-5-2-3-6-17(14)23-20-24-18(13-26-20)15-8-10-16(11-9-15)22-19(25)7-4-12-21/h2-3,5-6,8-11,13H,4,7,12H2,1H3,(H,22,25)(H,23,24). The topological polar surface area (TPSA) is 54.0 Å². The van der Waals surface area contributed by atoms with E-state index in [4.69, 9.17) is 11.6 Å². The summed E-state index contributed by atoms with van der Waals surface area (Å²) in [7, 11) is 0. The van der Waals surface area contributed by atoms with Crippen LogP contribution in [0.5, 0.6) is 0 Å². The number of rotatable bonds is 7. The molecule has 0 bridgehead atoms. The zero-order valence-corrected chi connectivity index (χ0v) is 16.0. The van der Waals surface area contributed by atoms with E-state index in [0.29, 0.717) is 18.7 Å². The van der Waals surface area contributed by atoms with Crippen LogP contribution >= 0.6 is 22.9 Å². The molecule has 3 aromatic rings. The number of nitrogens with zero attached hydrogens (tertiary/aromatic N) is 1. The van der Waals surface area contributed by atoms with E-state index in [9.17, 15) is 4.79 Å². The molecule has 0 spiro atoms. The quantitative estimate of drug-likeness (QED) is 0.504. The second kappa shape index (κ2) is 8.83. The van der Waals surface area contributed by atoms with Crippen molar-refractivity contribution in [3.8, 4) is 11.3 Å². The third-order valence-corrected chi connectivity index (χ3v) is 4.92. The maximum Gasteiger partial charge on any atom is 0.224 e. The average Bonchev–Trinajstić information content (AvgIpc) is 3.11. The number of aryl methyl sites for hydroxylation is 1. The summed E-state index contributed by atoms with van der Waals surface area (Å²) in [4.78, 5) is 16.4. The first-order valence-electron chi connectivity index (χ1n) is 8.40. The Morgan fingerprint density at radius 3 is 2.65 bits per heavy atom. The molecule has 2 aromatic carbocycles. The van der Waals surface area contributed by atoms with E-state index in [1.54, 1.807) is 11.3 Å². The second-order valence-electron chi connectivity index (χ2n) is 5.90. The third kappa shape index (κ3) is 4.84. The fourth-order valence-electron chi connectivity index (χ4n) is 2.47. The number of aromatic nitrogens is 1. The first-order valence-corrected chi connectivity index (χ1v) is 9.81. The first kappa shape index (κ1) is 18.4. The highest BCUT2D eigenvalue weighted by Gasteiger charge is 2.07. The van der Waals surface area contributed by atoms with Crippen LogP contribution in [0.3, 0.4) is 0 Å². The van der Waals surface area contributed by atoms with E-state index in [1.807, 2.05) is 47.8 Å². The molecule has 0 unspecified atom stereocenters. The van der Waals surface area contributed by atoms with Gasteiger partial charge in [0.1, 0.15) is 0 Å². The van der Waals surface area contributed by atoms with E-state index >= 15 is 0 Å². The first-order chi connectivity index (χ1) is 12.7. The van der Waals surface area contributed by atoms with Crippen molar-refractivity contribution in [1.82, 2.24) is 4.98 Å². The highest BCUT2D eigenvalue weighted by atomic mass is 35.5. The lowest BCUT2D eigenvalue weighted by Crippen LogP contribution is -2.11. The van der Waals surface area contributed by atoms with Gasteiger partial charge in [-0.05, 0) is 37.1 Å². The van der Waals surface area contributed by atoms with Crippen molar-refractivity contribution in [1.29, 1.82) is 0 Å². The van der Waals surface area contributed by atoms with Crippen molar-refractivity contribution in [2.24, 2.45) is 0 Å². The van der Waals surface area contributed by atoms with E-state index in [1.165, 1.54) is 5.56 Å². The Kier molecular flexibility index (Phi) is 6.26. The van der Waals surface area contributed by atoms with Gasteiger partial charge >= 0.3 is 0 Å². The Morgan fingerprint density at radius 1 is 1.15 bits per heavy atom. The summed E-state index contributed by atoms with van der Waals surface area (Å²) in [6, 6.07) is 15.8. The number of alkyl halides is 1. The van der Waals surface area contributed by atoms with Gasteiger partial charge in [0, 0.05) is 34.6 Å². The Balaban J connectivity index is 1.66. The van der Waals surface area contributed by atoms with Gasteiger partial charge in [-0.3, -0.25) is 4.79 Å². The Morgan fingerprint density at radius 2 is 1.92 bits per heavy atom. The lowest BCUT2D eigenvalue weighted by atomic mass is 10.1. The monoisotopic (exact) mass is 385 g/mol. The summed E-state index contributed by atoms with van der Waals surface area (Å²) in [5.74, 6) is 0.478. The number of halogens is 1. The molecule has 6 heteroatoms. The van der Waals surface area contributed by atoms with Gasteiger partial charge in [-0.1, -0.05) is 30.3 Å². The molecule has 0 fully saturated rings. The molecule has 0 radical (unpaired) electrons. The minimum Gasteiger partial charge on any atom is -0.331 e. The summed E-state index contributed by atoms with van der Waals surface area (Å²) < 4.78 is 0. The van der Waals surface area contributed by atoms with Crippen molar-refractivity contribution in [3.63, 3.8) is 0 Å². The molecule has 1 amide bonds. The molecule has 26 heavy (non-hydrogen) atoms. The van der Waals surface area contributed by atoms with E-state index in [0.717, 1.165) is 27.8 Å². The van der Waals surface area contributed by atoms with Gasteiger partial charge in [-0.2, -0.15) is 0 Å². The molecule has 0 aliphatic heterocycles. The Labute approximate surface area is 162 Å². The Bertz CT molecular complexity index is 877. The van der Waals surface area contributed by atoms with Gasteiger partial charge in [0.25, 0.3) is 0 Å². The minimum atomic E-state index is -0.0169. The van der Waals surface area contributed by atoms with Crippen LogP contribution in [-0.2, 0) is 4.79 Å². The fourth-order valence-corrected chi connectivity index (χ4v) is 3.33. The SMILES string of the molecule is Cc1ccccc1Nc1nc(-c2ccc(NC(=O)CCCCl)cc2)cs1. The van der Waals surface area contributed by atoms with Crippen LogP contribution in [0.4, 0.5) is 16.5 Å². The predicted octanol–water partition coefficient (Wildman–Crippen LogP) is 5.82. The molecule has 0 aliphatic carbocycles. The van der Waals surface area contributed by atoms with Gasteiger partial charge < -0.3 is 10.6 Å². The van der Waals surface area contributed by atoms with E-state index in [-0.39, 0.29) is 5.91 Å². The zero-order valence-electron chi connectivity index (χ0n) is 14.5. The molecular weight excluding hydrogens is 366 g/mol. The normalized spacial score (nSPS) is 10.5. The van der Waals surface area contributed by atoms with Crippen LogP contribution in [0.1, 0.15) is 18.4 Å². The van der Waals surface area contributed by atoms with Gasteiger partial charge in [0.15, 0.2) is 5.13 Å². The highest BCUT2D eigenvalue weighted by Crippen LogP contribution is 2.28. The molecule has 0 aliphatic rings. The van der Waals surface area contributed by atoms with Gasteiger partial charge in [0.05, 0.1) is 5.69 Å². The summed E-state index contributed by atoms with van der Waals surface area (Å²) in [6.07, 6.45) is 1.12. The van der Waals surface area contributed by atoms with Crippen LogP contribution in [-0.4, -0.2) is 16.8 Å². The van der Waals surface area contributed by atoms with Crippen LogP contribution < -0.4 is 10.6 Å². The predicted molar refractivity (Wildman–Crippen MR) is 111 cm³/mol. The number of amides is 1. The van der Waals surface area contributed by atoms with Crippen molar-refractivity contribution < 1.29 is 4.79 Å². The fraction of sp³-hybridized carbons (Fsp3) is 0.200. The maximum absolute atomic E-state index is 11.7. The van der Waals surface area contributed by atoms with E-state index < -0.39 is 0 Å². The molecule has 0 saturated carbocycles. The molecule has 0 atom stereocenters. The van der Waals surface area contributed by atoms with Crippen LogP contribution in [0.15, 0.2) is 53.9 Å². The number of para-hydroxylation sites is 1. The molecule has 1 aromatic heterocycles. The number of anilines is 3. The van der Waals surface area contributed by atoms with Crippen LogP contribution in [0.2, 0.25) is 0 Å². The number of carbonyl (C=O) groups excluding carboxylic acids is 1. The lowest BCUT2D eigenvalue weighted by Gasteiger charge is -2.06. The molecule has 3 rings (SSSR count). The van der Waals surface area contributed by atoms with Crippen molar-refractivity contribution >= 4 is 45.4 Å². The van der Waals surface area contributed by atoms with Gasteiger partial charge in [0.2, 0.25) is 5.91 Å². The molecule has 2 N–H and O–H groups in total. The zero-order chi connectivity index (χ0) is 18.4. The number of carbonyl (C=O) groups is 1. The van der Waals surface area contributed by atoms with Crippen molar-refractivity contribution in [2.45, 2.75) is 19.8 Å². The number of thiazole rings is 1. The summed E-state index contributed by atoms with van der Waals surface area (Å²) in [5, 5.41) is 9.11. The smallest absolute Gasteiger partial charge is 0.224 e. The van der Waals surface area contributed by atoms with Crippen molar-refractivity contribution in [2.75, 3.05) is 16.5 Å². The number of benzene rings is 2. The van der Waals surface area contributed by atoms with E-state index in [2.05, 4.69) is 28.6 Å².